The summed E-state index contributed by atoms with van der Waals surface area (Å²) in [6, 6.07) is 4.41. The van der Waals surface area contributed by atoms with Gasteiger partial charge in [-0.15, -0.1) is 0 Å². The molecule has 2 aliphatic rings. The lowest BCUT2D eigenvalue weighted by Gasteiger charge is -2.28. The molecule has 0 saturated carbocycles. The van der Waals surface area contributed by atoms with Crippen LogP contribution >= 0.6 is 0 Å². The Hall–Kier alpha value is -2.65. The molecule has 4 amide bonds. The van der Waals surface area contributed by atoms with Gasteiger partial charge in [0.2, 0.25) is 5.91 Å². The maximum absolute atomic E-state index is 13.9. The molecule has 0 aliphatic carbocycles. The van der Waals surface area contributed by atoms with Gasteiger partial charge in [-0.25, -0.2) is 14.1 Å². The number of barbiturate groups is 1. The van der Waals surface area contributed by atoms with Crippen molar-refractivity contribution in [2.75, 3.05) is 44.3 Å². The van der Waals surface area contributed by atoms with E-state index in [4.69, 9.17) is 4.74 Å². The normalized spacial score (nSPS) is 22.1. The summed E-state index contributed by atoms with van der Waals surface area (Å²) in [6.07, 6.45) is 1.22. The van der Waals surface area contributed by atoms with Crippen LogP contribution in [0.2, 0.25) is 0 Å². The summed E-state index contributed by atoms with van der Waals surface area (Å²) in [7, 11) is 0. The van der Waals surface area contributed by atoms with Gasteiger partial charge in [-0.1, -0.05) is 12.1 Å². The highest BCUT2D eigenvalue weighted by atomic mass is 19.1. The first kappa shape index (κ1) is 18.2. The van der Waals surface area contributed by atoms with Crippen molar-refractivity contribution >= 4 is 29.7 Å². The second-order valence-electron chi connectivity index (χ2n) is 5.91. The molecule has 26 heavy (non-hydrogen) atoms. The number of nitrogens with one attached hydrogen (secondary N) is 1. The monoisotopic (exact) mass is 362 g/mol. The van der Waals surface area contributed by atoms with Gasteiger partial charge in [0.15, 0.2) is 5.92 Å². The molecule has 0 spiro atoms. The molecule has 2 saturated heterocycles. The first-order valence-corrected chi connectivity index (χ1v) is 8.31. The Labute approximate surface area is 149 Å². The van der Waals surface area contributed by atoms with Crippen LogP contribution in [-0.4, -0.2) is 68.4 Å². The fourth-order valence-electron chi connectivity index (χ4n) is 2.79. The summed E-state index contributed by atoms with van der Waals surface area (Å²) in [4.78, 5) is 43.5. The van der Waals surface area contributed by atoms with Gasteiger partial charge in [0, 0.05) is 25.8 Å². The Morgan fingerprint density at radius 3 is 2.69 bits per heavy atom. The Balaban J connectivity index is 1.67. The van der Waals surface area contributed by atoms with Gasteiger partial charge >= 0.3 is 6.03 Å². The van der Waals surface area contributed by atoms with Crippen LogP contribution in [0.3, 0.4) is 0 Å². The number of urea groups is 1. The molecule has 8 nitrogen and oxygen atoms in total. The zero-order valence-corrected chi connectivity index (χ0v) is 14.1. The summed E-state index contributed by atoms with van der Waals surface area (Å²) < 4.78 is 19.2. The summed E-state index contributed by atoms with van der Waals surface area (Å²) in [6.45, 7) is 4.06. The molecule has 138 valence electrons. The Kier molecular flexibility index (Phi) is 5.69. The number of aliphatic imine (C=N–C) groups is 1. The number of morpholine rings is 1. The third kappa shape index (κ3) is 3.94. The molecule has 0 aromatic heterocycles. The molecular weight excluding hydrogens is 343 g/mol. The number of hydrogen-bond donors (Lipinski definition) is 1. The molecule has 1 atom stereocenters. The molecule has 0 bridgehead atoms. The van der Waals surface area contributed by atoms with E-state index in [1.807, 2.05) is 0 Å². The van der Waals surface area contributed by atoms with Crippen molar-refractivity contribution in [3.8, 4) is 0 Å². The molecule has 2 heterocycles. The fourth-order valence-corrected chi connectivity index (χ4v) is 2.79. The third-order valence-electron chi connectivity index (χ3n) is 4.20. The maximum atomic E-state index is 13.9. The average Bonchev–Trinajstić information content (AvgIpc) is 2.63. The number of benzene rings is 1. The van der Waals surface area contributed by atoms with Crippen molar-refractivity contribution in [3.63, 3.8) is 0 Å². The lowest BCUT2D eigenvalue weighted by atomic mass is 10.1. The van der Waals surface area contributed by atoms with Gasteiger partial charge in [0.25, 0.3) is 5.91 Å². The molecule has 2 aliphatic heterocycles. The summed E-state index contributed by atoms with van der Waals surface area (Å²) in [5, 5.41) is 2.07. The highest BCUT2D eigenvalue weighted by Gasteiger charge is 2.41. The van der Waals surface area contributed by atoms with E-state index in [0.717, 1.165) is 19.2 Å². The van der Waals surface area contributed by atoms with Gasteiger partial charge in [0.1, 0.15) is 5.82 Å². The van der Waals surface area contributed by atoms with Crippen LogP contribution in [0.4, 0.5) is 14.9 Å². The highest BCUT2D eigenvalue weighted by molar-refractivity contribution is 6.32. The molecule has 2 fully saturated rings. The number of rotatable bonds is 5. The second-order valence-corrected chi connectivity index (χ2v) is 5.91. The van der Waals surface area contributed by atoms with E-state index in [9.17, 15) is 18.8 Å². The van der Waals surface area contributed by atoms with E-state index in [1.165, 1.54) is 24.4 Å². The number of halogens is 1. The zero-order valence-electron chi connectivity index (χ0n) is 14.1. The first-order chi connectivity index (χ1) is 12.6. The van der Waals surface area contributed by atoms with E-state index in [-0.39, 0.29) is 5.69 Å². The molecule has 0 unspecified atom stereocenters. The van der Waals surface area contributed by atoms with Crippen molar-refractivity contribution in [1.82, 2.24) is 10.2 Å². The van der Waals surface area contributed by atoms with Crippen molar-refractivity contribution in [2.45, 2.75) is 0 Å². The van der Waals surface area contributed by atoms with Crippen molar-refractivity contribution in [2.24, 2.45) is 10.9 Å². The third-order valence-corrected chi connectivity index (χ3v) is 4.20. The minimum atomic E-state index is -1.27. The van der Waals surface area contributed by atoms with Gasteiger partial charge < -0.3 is 4.74 Å². The average molecular weight is 362 g/mol. The fraction of sp³-hybridized carbons (Fsp3) is 0.412. The van der Waals surface area contributed by atoms with Crippen LogP contribution in [0.25, 0.3) is 0 Å². The van der Waals surface area contributed by atoms with Crippen molar-refractivity contribution in [1.29, 1.82) is 0 Å². The standard InChI is InChI=1S/C17H19FN4O4/c18-13-3-1-2-4-14(13)22-16(24)12(15(23)20-17(22)25)11-19-5-6-21-7-9-26-10-8-21/h1-4,11-12H,5-10H2,(H,20,23,25)/t12-/m1/s1. The molecule has 3 rings (SSSR count). The number of nitrogens with zero attached hydrogens (tertiary/aromatic N) is 3. The largest absolute Gasteiger partial charge is 0.379 e. The van der Waals surface area contributed by atoms with Crippen LogP contribution in [-0.2, 0) is 14.3 Å². The molecule has 1 aromatic carbocycles. The zero-order chi connectivity index (χ0) is 18.5. The highest BCUT2D eigenvalue weighted by Crippen LogP contribution is 2.23. The number of para-hydroxylation sites is 1. The lowest BCUT2D eigenvalue weighted by molar-refractivity contribution is -0.131. The molecule has 0 radical (unpaired) electrons. The minimum absolute atomic E-state index is 0.200. The van der Waals surface area contributed by atoms with E-state index in [0.29, 0.717) is 31.2 Å². The van der Waals surface area contributed by atoms with Crippen molar-refractivity contribution in [3.05, 3.63) is 30.1 Å². The number of carbonyl (C=O) groups excluding carboxylic acids is 3. The van der Waals surface area contributed by atoms with E-state index >= 15 is 0 Å². The number of carbonyl (C=O) groups is 3. The topological polar surface area (TPSA) is 91.3 Å². The first-order valence-electron chi connectivity index (χ1n) is 8.31. The van der Waals surface area contributed by atoms with Crippen LogP contribution in [0, 0.1) is 11.7 Å². The van der Waals surface area contributed by atoms with Gasteiger partial charge in [-0.3, -0.25) is 24.8 Å². The summed E-state index contributed by atoms with van der Waals surface area (Å²) in [5.74, 6) is -3.58. The quantitative estimate of drug-likeness (QED) is 0.606. The number of imide groups is 2. The predicted octanol–water partition coefficient (Wildman–Crippen LogP) is 0.428. The van der Waals surface area contributed by atoms with Gasteiger partial charge in [-0.05, 0) is 12.1 Å². The van der Waals surface area contributed by atoms with E-state index in [1.54, 1.807) is 0 Å². The SMILES string of the molecule is O=C1NC(=O)N(c2ccccc2F)C(=O)[C@@H]1C=NCCN1CCOCC1. The smallest absolute Gasteiger partial charge is 0.335 e. The van der Waals surface area contributed by atoms with Gasteiger partial charge in [-0.2, -0.15) is 0 Å². The molecule has 1 N–H and O–H groups in total. The predicted molar refractivity (Wildman–Crippen MR) is 91.5 cm³/mol. The summed E-state index contributed by atoms with van der Waals surface area (Å²) >= 11 is 0. The van der Waals surface area contributed by atoms with Crippen LogP contribution in [0.15, 0.2) is 29.3 Å². The van der Waals surface area contributed by atoms with E-state index < -0.39 is 29.6 Å². The Morgan fingerprint density at radius 1 is 1.23 bits per heavy atom. The molecular formula is C17H19FN4O4. The number of anilines is 1. The lowest BCUT2D eigenvalue weighted by Crippen LogP contribution is -2.59. The van der Waals surface area contributed by atoms with Crippen LogP contribution in [0.1, 0.15) is 0 Å². The molecule has 1 aromatic rings. The van der Waals surface area contributed by atoms with Crippen LogP contribution < -0.4 is 10.2 Å². The minimum Gasteiger partial charge on any atom is -0.379 e. The second kappa shape index (κ2) is 8.15. The number of amides is 4. The Morgan fingerprint density at radius 2 is 1.96 bits per heavy atom. The summed E-state index contributed by atoms with van der Waals surface area (Å²) in [5.41, 5.74) is -0.200. The number of ether oxygens (including phenoxy) is 1. The van der Waals surface area contributed by atoms with E-state index in [2.05, 4.69) is 15.2 Å². The number of hydrogen-bond acceptors (Lipinski definition) is 6. The van der Waals surface area contributed by atoms with Gasteiger partial charge in [0.05, 0.1) is 25.4 Å². The Bertz CT molecular complexity index is 733. The van der Waals surface area contributed by atoms with Crippen molar-refractivity contribution < 1.29 is 23.5 Å². The van der Waals surface area contributed by atoms with Crippen LogP contribution in [0.5, 0.6) is 0 Å². The maximum Gasteiger partial charge on any atom is 0.335 e. The molecule has 9 heteroatoms.